The van der Waals surface area contributed by atoms with Gasteiger partial charge in [-0.1, -0.05) is 37.6 Å². The van der Waals surface area contributed by atoms with Crippen LogP contribution in [-0.4, -0.2) is 74.9 Å². The van der Waals surface area contributed by atoms with Crippen molar-refractivity contribution in [2.24, 2.45) is 0 Å². The number of hydrogen-bond acceptors (Lipinski definition) is 7. The van der Waals surface area contributed by atoms with Crippen LogP contribution in [0.15, 0.2) is 47.4 Å². The fraction of sp³-hybridized carbons (Fsp3) is 0.480. The van der Waals surface area contributed by atoms with Gasteiger partial charge in [0.25, 0.3) is 5.91 Å². The standard InChI is InChI=1S/C25H34N2O5S3/c1-5-33-25(34-6-2)20-9-12-22(23(17-20)31-4)32-18-24(28)26-13-15-27(16-14-26)35(29,30)21-10-7-19(3)8-11-21/h7-12,17,25H,5-6,13-16,18H2,1-4H3. The Kier molecular flexibility index (Phi) is 10.2. The van der Waals surface area contributed by atoms with Gasteiger partial charge in [0.15, 0.2) is 18.1 Å². The third-order valence-corrected chi connectivity index (χ3v) is 10.2. The molecular weight excluding hydrogens is 504 g/mol. The Morgan fingerprint density at radius 3 is 2.17 bits per heavy atom. The van der Waals surface area contributed by atoms with Gasteiger partial charge in [-0.3, -0.25) is 4.79 Å². The summed E-state index contributed by atoms with van der Waals surface area (Å²) in [4.78, 5) is 14.7. The molecule has 1 heterocycles. The molecule has 0 atom stereocenters. The Bertz CT molecular complexity index is 1080. The van der Waals surface area contributed by atoms with Crippen LogP contribution in [0.25, 0.3) is 0 Å². The fourth-order valence-corrected chi connectivity index (χ4v) is 7.67. The summed E-state index contributed by atoms with van der Waals surface area (Å²) in [6.45, 7) is 7.24. The molecule has 1 saturated heterocycles. The molecule has 0 unspecified atom stereocenters. The van der Waals surface area contributed by atoms with E-state index in [1.54, 1.807) is 36.3 Å². The third-order valence-electron chi connectivity index (χ3n) is 5.70. The van der Waals surface area contributed by atoms with E-state index in [0.29, 0.717) is 29.2 Å². The minimum Gasteiger partial charge on any atom is -0.493 e. The molecule has 1 fully saturated rings. The summed E-state index contributed by atoms with van der Waals surface area (Å²) in [6.07, 6.45) is 0. The van der Waals surface area contributed by atoms with Gasteiger partial charge in [0.05, 0.1) is 16.6 Å². The molecule has 2 aromatic carbocycles. The summed E-state index contributed by atoms with van der Waals surface area (Å²) in [5.41, 5.74) is 2.16. The first kappa shape index (κ1) is 27.7. The van der Waals surface area contributed by atoms with E-state index in [1.807, 2.05) is 48.6 Å². The highest BCUT2D eigenvalue weighted by atomic mass is 32.2. The number of thioether (sulfide) groups is 2. The molecule has 0 aromatic heterocycles. The Morgan fingerprint density at radius 1 is 0.971 bits per heavy atom. The maximum absolute atomic E-state index is 12.9. The van der Waals surface area contributed by atoms with Gasteiger partial charge in [-0.05, 0) is 48.3 Å². The minimum atomic E-state index is -3.57. The first-order chi connectivity index (χ1) is 16.8. The van der Waals surface area contributed by atoms with Gasteiger partial charge >= 0.3 is 0 Å². The SMILES string of the molecule is CCSC(SCC)c1ccc(OCC(=O)N2CCN(S(=O)(=O)c3ccc(C)cc3)CC2)c(OC)c1. The Morgan fingerprint density at radius 2 is 1.60 bits per heavy atom. The lowest BCUT2D eigenvalue weighted by Gasteiger charge is -2.34. The monoisotopic (exact) mass is 538 g/mol. The number of methoxy groups -OCH3 is 1. The number of amides is 1. The lowest BCUT2D eigenvalue weighted by atomic mass is 10.2. The molecule has 2 aromatic rings. The van der Waals surface area contributed by atoms with Crippen molar-refractivity contribution in [2.45, 2.75) is 30.2 Å². The summed E-state index contributed by atoms with van der Waals surface area (Å²) >= 11 is 3.75. The van der Waals surface area contributed by atoms with Gasteiger partial charge in [-0.15, -0.1) is 23.5 Å². The predicted octanol–water partition coefficient (Wildman–Crippen LogP) is 4.42. The first-order valence-electron chi connectivity index (χ1n) is 11.7. The van der Waals surface area contributed by atoms with Gasteiger partial charge in [0.2, 0.25) is 10.0 Å². The number of nitrogens with zero attached hydrogens (tertiary/aromatic N) is 2. The normalized spacial score (nSPS) is 14.8. The van der Waals surface area contributed by atoms with Gasteiger partial charge in [-0.2, -0.15) is 4.31 Å². The Labute approximate surface area is 217 Å². The molecule has 0 saturated carbocycles. The lowest BCUT2D eigenvalue weighted by molar-refractivity contribution is -0.134. The zero-order valence-corrected chi connectivity index (χ0v) is 23.2. The number of hydrogen-bond donors (Lipinski definition) is 0. The number of piperazine rings is 1. The average Bonchev–Trinajstić information content (AvgIpc) is 2.87. The van der Waals surface area contributed by atoms with Crippen molar-refractivity contribution in [3.8, 4) is 11.5 Å². The van der Waals surface area contributed by atoms with Crippen LogP contribution in [0.1, 0.15) is 29.6 Å². The molecule has 10 heteroatoms. The van der Waals surface area contributed by atoms with Crippen LogP contribution < -0.4 is 9.47 Å². The molecule has 1 aliphatic heterocycles. The molecule has 0 N–H and O–H groups in total. The Hall–Kier alpha value is -1.88. The topological polar surface area (TPSA) is 76.2 Å². The van der Waals surface area contributed by atoms with Crippen molar-refractivity contribution in [2.75, 3.05) is 51.4 Å². The highest BCUT2D eigenvalue weighted by molar-refractivity contribution is 8.16. The van der Waals surface area contributed by atoms with Gasteiger partial charge in [-0.25, -0.2) is 8.42 Å². The Balaban J connectivity index is 1.57. The molecule has 0 radical (unpaired) electrons. The van der Waals surface area contributed by atoms with Crippen LogP contribution >= 0.6 is 23.5 Å². The number of benzene rings is 2. The van der Waals surface area contributed by atoms with Crippen molar-refractivity contribution in [3.05, 3.63) is 53.6 Å². The van der Waals surface area contributed by atoms with Gasteiger partial charge < -0.3 is 14.4 Å². The van der Waals surface area contributed by atoms with E-state index in [0.717, 1.165) is 22.6 Å². The van der Waals surface area contributed by atoms with E-state index in [-0.39, 0.29) is 30.5 Å². The van der Waals surface area contributed by atoms with Crippen LogP contribution in [0.2, 0.25) is 0 Å². The smallest absolute Gasteiger partial charge is 0.260 e. The van der Waals surface area contributed by atoms with Crippen molar-refractivity contribution in [1.29, 1.82) is 0 Å². The lowest BCUT2D eigenvalue weighted by Crippen LogP contribution is -2.51. The zero-order valence-electron chi connectivity index (χ0n) is 20.7. The molecule has 0 aliphatic carbocycles. The molecule has 0 spiro atoms. The fourth-order valence-electron chi connectivity index (χ4n) is 3.76. The average molecular weight is 539 g/mol. The molecule has 7 nitrogen and oxygen atoms in total. The van der Waals surface area contributed by atoms with Crippen molar-refractivity contribution in [1.82, 2.24) is 9.21 Å². The highest BCUT2D eigenvalue weighted by Crippen LogP contribution is 2.42. The van der Waals surface area contributed by atoms with Crippen LogP contribution in [0.3, 0.4) is 0 Å². The molecule has 3 rings (SSSR count). The van der Waals surface area contributed by atoms with E-state index >= 15 is 0 Å². The minimum absolute atomic E-state index is 0.128. The maximum Gasteiger partial charge on any atom is 0.260 e. The summed E-state index contributed by atoms with van der Waals surface area (Å²) in [7, 11) is -1.97. The largest absolute Gasteiger partial charge is 0.493 e. The van der Waals surface area contributed by atoms with E-state index in [2.05, 4.69) is 13.8 Å². The van der Waals surface area contributed by atoms with Crippen molar-refractivity contribution < 1.29 is 22.7 Å². The summed E-state index contributed by atoms with van der Waals surface area (Å²) < 4.78 is 38.9. The second-order valence-corrected chi connectivity index (χ2v) is 13.0. The summed E-state index contributed by atoms with van der Waals surface area (Å²) in [5.74, 6) is 2.98. The van der Waals surface area contributed by atoms with Crippen LogP contribution in [0.5, 0.6) is 11.5 Å². The molecule has 1 amide bonds. The van der Waals surface area contributed by atoms with E-state index in [4.69, 9.17) is 9.47 Å². The maximum atomic E-state index is 12.9. The zero-order chi connectivity index (χ0) is 25.4. The number of carbonyl (C=O) groups is 1. The van der Waals surface area contributed by atoms with E-state index in [1.165, 1.54) is 4.31 Å². The molecule has 35 heavy (non-hydrogen) atoms. The second kappa shape index (κ2) is 12.9. The van der Waals surface area contributed by atoms with Crippen LogP contribution in [-0.2, 0) is 14.8 Å². The van der Waals surface area contributed by atoms with Crippen LogP contribution in [0, 0.1) is 6.92 Å². The number of ether oxygens (including phenoxy) is 2. The molecule has 1 aliphatic rings. The van der Waals surface area contributed by atoms with Gasteiger partial charge in [0, 0.05) is 26.2 Å². The summed E-state index contributed by atoms with van der Waals surface area (Å²) in [6, 6.07) is 12.7. The third kappa shape index (κ3) is 7.09. The highest BCUT2D eigenvalue weighted by Gasteiger charge is 2.30. The molecular formula is C25H34N2O5S3. The summed E-state index contributed by atoms with van der Waals surface area (Å²) in [5, 5.41) is 0. The number of aryl methyl sites for hydroxylation is 1. The van der Waals surface area contributed by atoms with E-state index in [9.17, 15) is 13.2 Å². The van der Waals surface area contributed by atoms with E-state index < -0.39 is 10.0 Å². The quantitative estimate of drug-likeness (QED) is 0.392. The van der Waals surface area contributed by atoms with Gasteiger partial charge in [0.1, 0.15) is 0 Å². The predicted molar refractivity (Wildman–Crippen MR) is 144 cm³/mol. The first-order valence-corrected chi connectivity index (χ1v) is 15.2. The number of rotatable bonds is 11. The van der Waals surface area contributed by atoms with Crippen LogP contribution in [0.4, 0.5) is 0 Å². The number of sulfonamides is 1. The number of carbonyl (C=O) groups excluding carboxylic acids is 1. The van der Waals surface area contributed by atoms with Crippen molar-refractivity contribution >= 4 is 39.5 Å². The second-order valence-electron chi connectivity index (χ2n) is 8.04. The molecule has 0 bridgehead atoms. The van der Waals surface area contributed by atoms with Crippen molar-refractivity contribution in [3.63, 3.8) is 0 Å². The molecule has 192 valence electrons.